The Morgan fingerprint density at radius 2 is 2.33 bits per heavy atom. The molecule has 5 heteroatoms. The van der Waals surface area contributed by atoms with Gasteiger partial charge in [-0.3, -0.25) is 4.57 Å². The summed E-state index contributed by atoms with van der Waals surface area (Å²) in [5.41, 5.74) is 2.37. The molecule has 0 radical (unpaired) electrons. The lowest BCUT2D eigenvalue weighted by Gasteiger charge is -2.03. The van der Waals surface area contributed by atoms with E-state index in [1.807, 2.05) is 12.1 Å². The van der Waals surface area contributed by atoms with Crippen molar-refractivity contribution in [3.05, 3.63) is 28.7 Å². The van der Waals surface area contributed by atoms with E-state index in [9.17, 15) is 4.79 Å². The molecule has 0 aliphatic heterocycles. The Morgan fingerprint density at radius 1 is 1.53 bits per heavy atom. The predicted octanol–water partition coefficient (Wildman–Crippen LogP) is 1.47. The highest BCUT2D eigenvalue weighted by molar-refractivity contribution is 7.80. The van der Waals surface area contributed by atoms with E-state index in [0.29, 0.717) is 5.58 Å². The summed E-state index contributed by atoms with van der Waals surface area (Å²) >= 11 is 4.11. The largest absolute Gasteiger partial charge is 0.419 e. The van der Waals surface area contributed by atoms with Crippen LogP contribution in [0.25, 0.3) is 11.1 Å². The number of benzene rings is 1. The molecule has 0 unspecified atom stereocenters. The maximum Gasteiger partial charge on any atom is 0.419 e. The van der Waals surface area contributed by atoms with Crippen LogP contribution in [-0.2, 0) is 7.05 Å². The highest BCUT2D eigenvalue weighted by Crippen LogP contribution is 2.17. The lowest BCUT2D eigenvalue weighted by molar-refractivity contribution is 0.528. The summed E-state index contributed by atoms with van der Waals surface area (Å²) in [5, 5.41) is 3.19. The van der Waals surface area contributed by atoms with Crippen LogP contribution in [0, 0.1) is 0 Å². The molecule has 0 aliphatic rings. The molecule has 15 heavy (non-hydrogen) atoms. The van der Waals surface area contributed by atoms with Crippen molar-refractivity contribution >= 4 is 29.4 Å². The molecule has 0 fully saturated rings. The van der Waals surface area contributed by atoms with Crippen LogP contribution in [0.1, 0.15) is 0 Å². The minimum atomic E-state index is -0.337. The lowest BCUT2D eigenvalue weighted by atomic mass is 10.3. The van der Waals surface area contributed by atoms with Gasteiger partial charge in [0.2, 0.25) is 0 Å². The Morgan fingerprint density at radius 3 is 3.07 bits per heavy atom. The summed E-state index contributed by atoms with van der Waals surface area (Å²) in [6.07, 6.45) is 0. The first-order chi connectivity index (χ1) is 7.22. The monoisotopic (exact) mass is 224 g/mol. The van der Waals surface area contributed by atoms with Gasteiger partial charge in [0, 0.05) is 25.0 Å². The van der Waals surface area contributed by atoms with E-state index in [0.717, 1.165) is 23.5 Å². The zero-order valence-corrected chi connectivity index (χ0v) is 9.25. The fourth-order valence-corrected chi connectivity index (χ4v) is 1.55. The molecule has 4 nitrogen and oxygen atoms in total. The first-order valence-corrected chi connectivity index (χ1v) is 5.30. The molecule has 0 amide bonds. The Hall–Kier alpha value is -1.36. The van der Waals surface area contributed by atoms with Gasteiger partial charge in [0.25, 0.3) is 0 Å². The van der Waals surface area contributed by atoms with E-state index in [2.05, 4.69) is 17.9 Å². The number of nitrogens with one attached hydrogen (secondary N) is 1. The molecule has 1 N–H and O–H groups in total. The van der Waals surface area contributed by atoms with Gasteiger partial charge >= 0.3 is 5.76 Å². The lowest BCUT2D eigenvalue weighted by Crippen LogP contribution is -2.08. The third kappa shape index (κ3) is 1.87. The zero-order chi connectivity index (χ0) is 10.8. The third-order valence-corrected chi connectivity index (χ3v) is 2.46. The fourth-order valence-electron chi connectivity index (χ4n) is 1.44. The normalized spacial score (nSPS) is 10.8. The minimum Gasteiger partial charge on any atom is -0.408 e. The van der Waals surface area contributed by atoms with Gasteiger partial charge in [0.05, 0.1) is 5.52 Å². The SMILES string of the molecule is Cn1c(=O)oc2ccc(NCCS)cc21. The van der Waals surface area contributed by atoms with E-state index in [1.165, 1.54) is 4.57 Å². The molecule has 1 aromatic heterocycles. The third-order valence-electron chi connectivity index (χ3n) is 2.23. The molecule has 1 aromatic carbocycles. The van der Waals surface area contributed by atoms with E-state index in [-0.39, 0.29) is 5.76 Å². The summed E-state index contributed by atoms with van der Waals surface area (Å²) in [7, 11) is 1.69. The number of anilines is 1. The van der Waals surface area contributed by atoms with Crippen LogP contribution in [-0.4, -0.2) is 16.9 Å². The molecule has 1 heterocycles. The second-order valence-corrected chi connectivity index (χ2v) is 3.71. The standard InChI is InChI=1S/C10H12N2O2S/c1-12-8-6-7(11-4-5-15)2-3-9(8)14-10(12)13/h2-3,6,11,15H,4-5H2,1H3. The number of aromatic nitrogens is 1. The quantitative estimate of drug-likeness (QED) is 0.776. The zero-order valence-electron chi connectivity index (χ0n) is 8.36. The van der Waals surface area contributed by atoms with Crippen molar-refractivity contribution in [3.63, 3.8) is 0 Å². The highest BCUT2D eigenvalue weighted by Gasteiger charge is 2.05. The number of fused-ring (bicyclic) bond motifs is 1. The first kappa shape index (κ1) is 10.2. The van der Waals surface area contributed by atoms with Crippen molar-refractivity contribution in [2.24, 2.45) is 7.05 Å². The Bertz CT molecular complexity index is 530. The molecule has 0 saturated heterocycles. The van der Waals surface area contributed by atoms with Crippen molar-refractivity contribution in [1.29, 1.82) is 0 Å². The predicted molar refractivity (Wildman–Crippen MR) is 63.8 cm³/mol. The number of aryl methyl sites for hydroxylation is 1. The fraction of sp³-hybridized carbons (Fsp3) is 0.300. The second kappa shape index (κ2) is 4.02. The van der Waals surface area contributed by atoms with Crippen LogP contribution in [0.3, 0.4) is 0 Å². The van der Waals surface area contributed by atoms with Gasteiger partial charge in [-0.15, -0.1) is 0 Å². The van der Waals surface area contributed by atoms with Crippen molar-refractivity contribution in [2.75, 3.05) is 17.6 Å². The molecular formula is C10H12N2O2S. The van der Waals surface area contributed by atoms with Crippen LogP contribution in [0.2, 0.25) is 0 Å². The maximum atomic E-state index is 11.2. The summed E-state index contributed by atoms with van der Waals surface area (Å²) in [4.78, 5) is 11.2. The topological polar surface area (TPSA) is 47.2 Å². The maximum absolute atomic E-state index is 11.2. The molecule has 0 atom stereocenters. The number of thiol groups is 1. The average Bonchev–Trinajstić information content (AvgIpc) is 2.52. The Kier molecular flexibility index (Phi) is 2.73. The van der Waals surface area contributed by atoms with Crippen molar-refractivity contribution < 1.29 is 4.42 Å². The minimum absolute atomic E-state index is 0.337. The Labute approximate surface area is 92.3 Å². The van der Waals surface area contributed by atoms with Gasteiger partial charge < -0.3 is 9.73 Å². The molecule has 2 rings (SSSR count). The molecule has 2 aromatic rings. The van der Waals surface area contributed by atoms with Gasteiger partial charge in [-0.1, -0.05) is 0 Å². The summed E-state index contributed by atoms with van der Waals surface area (Å²) in [6, 6.07) is 5.57. The van der Waals surface area contributed by atoms with E-state index < -0.39 is 0 Å². The van der Waals surface area contributed by atoms with E-state index >= 15 is 0 Å². The smallest absolute Gasteiger partial charge is 0.408 e. The molecule has 0 bridgehead atoms. The van der Waals surface area contributed by atoms with Crippen molar-refractivity contribution in [3.8, 4) is 0 Å². The van der Waals surface area contributed by atoms with Crippen molar-refractivity contribution in [2.45, 2.75) is 0 Å². The Balaban J connectivity index is 2.45. The van der Waals surface area contributed by atoms with Crippen LogP contribution in [0.15, 0.2) is 27.4 Å². The first-order valence-electron chi connectivity index (χ1n) is 4.66. The molecule has 0 aliphatic carbocycles. The molecular weight excluding hydrogens is 212 g/mol. The number of hydrogen-bond donors (Lipinski definition) is 2. The van der Waals surface area contributed by atoms with E-state index in [4.69, 9.17) is 4.42 Å². The molecule has 0 spiro atoms. The molecule has 0 saturated carbocycles. The summed E-state index contributed by atoms with van der Waals surface area (Å²) in [5.74, 6) is 0.430. The highest BCUT2D eigenvalue weighted by atomic mass is 32.1. The number of hydrogen-bond acceptors (Lipinski definition) is 4. The second-order valence-electron chi connectivity index (χ2n) is 3.26. The van der Waals surface area contributed by atoms with E-state index in [1.54, 1.807) is 13.1 Å². The summed E-state index contributed by atoms with van der Waals surface area (Å²) in [6.45, 7) is 0.792. The summed E-state index contributed by atoms with van der Waals surface area (Å²) < 4.78 is 6.51. The average molecular weight is 224 g/mol. The van der Waals surface area contributed by atoms with Gasteiger partial charge in [-0.25, -0.2) is 4.79 Å². The van der Waals surface area contributed by atoms with Crippen LogP contribution in [0.5, 0.6) is 0 Å². The number of rotatable bonds is 3. The van der Waals surface area contributed by atoms with Gasteiger partial charge in [-0.05, 0) is 18.2 Å². The van der Waals surface area contributed by atoms with Crippen molar-refractivity contribution in [1.82, 2.24) is 4.57 Å². The molecule has 80 valence electrons. The van der Waals surface area contributed by atoms with Crippen LogP contribution >= 0.6 is 12.6 Å². The van der Waals surface area contributed by atoms with Crippen LogP contribution < -0.4 is 11.1 Å². The number of nitrogens with zero attached hydrogens (tertiary/aromatic N) is 1. The number of oxazole rings is 1. The van der Waals surface area contributed by atoms with Gasteiger partial charge in [0.1, 0.15) is 0 Å². The van der Waals surface area contributed by atoms with Gasteiger partial charge in [-0.2, -0.15) is 12.6 Å². The van der Waals surface area contributed by atoms with Crippen LogP contribution in [0.4, 0.5) is 5.69 Å². The van der Waals surface area contributed by atoms with Gasteiger partial charge in [0.15, 0.2) is 5.58 Å².